The molecule has 0 unspecified atom stereocenters. The third kappa shape index (κ3) is 2.91. The Labute approximate surface area is 135 Å². The fourth-order valence-corrected chi connectivity index (χ4v) is 4.14. The van der Waals surface area contributed by atoms with Crippen LogP contribution >= 0.6 is 11.8 Å². The summed E-state index contributed by atoms with van der Waals surface area (Å²) in [5.41, 5.74) is 2.02. The third-order valence-corrected chi connectivity index (χ3v) is 5.75. The van der Waals surface area contributed by atoms with Gasteiger partial charge in [0.1, 0.15) is 5.75 Å². The number of rotatable bonds is 5. The number of ketones is 1. The summed E-state index contributed by atoms with van der Waals surface area (Å²) in [4.78, 5) is 14.1. The van der Waals surface area contributed by atoms with Crippen molar-refractivity contribution in [3.63, 3.8) is 0 Å². The minimum Gasteiger partial charge on any atom is -0.497 e. The van der Waals surface area contributed by atoms with Gasteiger partial charge in [-0.1, -0.05) is 17.7 Å². The molecule has 2 aromatic carbocycles. The number of carbonyl (C=O) groups excluding carboxylic acids is 1. The second-order valence-corrected chi connectivity index (χ2v) is 7.28. The quantitative estimate of drug-likeness (QED) is 0.734. The van der Waals surface area contributed by atoms with E-state index < -0.39 is 0 Å². The van der Waals surface area contributed by atoms with Gasteiger partial charge < -0.3 is 4.74 Å². The number of Topliss-reactive ketones (excluding diaryl/α,β-unsaturated/α-hetero) is 1. The first-order valence-electron chi connectivity index (χ1n) is 7.57. The highest BCUT2D eigenvalue weighted by atomic mass is 32.2. The lowest BCUT2D eigenvalue weighted by Gasteiger charge is -2.39. The summed E-state index contributed by atoms with van der Waals surface area (Å²) in [5, 5.41) is 0. The summed E-state index contributed by atoms with van der Waals surface area (Å²) in [6.07, 6.45) is 3.04. The predicted molar refractivity (Wildman–Crippen MR) is 90.9 cm³/mol. The van der Waals surface area contributed by atoms with Crippen LogP contribution < -0.4 is 4.74 Å². The van der Waals surface area contributed by atoms with E-state index in [4.69, 9.17) is 4.74 Å². The van der Waals surface area contributed by atoms with Crippen LogP contribution in [0.15, 0.2) is 53.4 Å². The van der Waals surface area contributed by atoms with Crippen LogP contribution in [-0.2, 0) is 0 Å². The van der Waals surface area contributed by atoms with Crippen LogP contribution in [0.3, 0.4) is 0 Å². The topological polar surface area (TPSA) is 26.3 Å². The number of thioether (sulfide) groups is 1. The van der Waals surface area contributed by atoms with Crippen molar-refractivity contribution in [3.05, 3.63) is 59.7 Å². The molecule has 0 atom stereocenters. The van der Waals surface area contributed by atoms with Crippen LogP contribution in [0.2, 0.25) is 0 Å². The first-order chi connectivity index (χ1) is 10.6. The van der Waals surface area contributed by atoms with Crippen molar-refractivity contribution in [1.29, 1.82) is 0 Å². The second-order valence-electron chi connectivity index (χ2n) is 5.82. The monoisotopic (exact) mass is 312 g/mol. The average molecular weight is 312 g/mol. The van der Waals surface area contributed by atoms with Gasteiger partial charge in [0.15, 0.2) is 5.78 Å². The van der Waals surface area contributed by atoms with Crippen molar-refractivity contribution < 1.29 is 9.53 Å². The highest BCUT2D eigenvalue weighted by Gasteiger charge is 2.45. The van der Waals surface area contributed by atoms with Crippen LogP contribution in [0, 0.1) is 6.92 Å². The van der Waals surface area contributed by atoms with Gasteiger partial charge in [-0.25, -0.2) is 0 Å². The Balaban J connectivity index is 1.82. The molecule has 1 aliphatic carbocycles. The summed E-state index contributed by atoms with van der Waals surface area (Å²) in [7, 11) is 1.64. The van der Waals surface area contributed by atoms with E-state index in [1.54, 1.807) is 18.9 Å². The van der Waals surface area contributed by atoms with E-state index in [1.807, 2.05) is 24.3 Å². The highest BCUT2D eigenvalue weighted by molar-refractivity contribution is 8.01. The summed E-state index contributed by atoms with van der Waals surface area (Å²) < 4.78 is 4.88. The molecular formula is C19H20O2S. The summed E-state index contributed by atoms with van der Waals surface area (Å²) in [6.45, 7) is 2.08. The highest BCUT2D eigenvalue weighted by Crippen LogP contribution is 2.49. The largest absolute Gasteiger partial charge is 0.497 e. The average Bonchev–Trinajstić information content (AvgIpc) is 2.52. The van der Waals surface area contributed by atoms with Gasteiger partial charge in [0.05, 0.1) is 11.9 Å². The van der Waals surface area contributed by atoms with Gasteiger partial charge in [-0.3, -0.25) is 4.79 Å². The summed E-state index contributed by atoms with van der Waals surface area (Å²) >= 11 is 1.72. The van der Waals surface area contributed by atoms with E-state index in [1.165, 1.54) is 10.5 Å². The Morgan fingerprint density at radius 1 is 1.05 bits per heavy atom. The summed E-state index contributed by atoms with van der Waals surface area (Å²) in [6, 6.07) is 15.9. The zero-order valence-corrected chi connectivity index (χ0v) is 13.8. The van der Waals surface area contributed by atoms with Crippen LogP contribution in [0.4, 0.5) is 0 Å². The Morgan fingerprint density at radius 3 is 2.18 bits per heavy atom. The van der Waals surface area contributed by atoms with Crippen molar-refractivity contribution in [2.75, 3.05) is 7.11 Å². The van der Waals surface area contributed by atoms with Gasteiger partial charge in [0.2, 0.25) is 0 Å². The van der Waals surface area contributed by atoms with Gasteiger partial charge in [-0.2, -0.15) is 0 Å². The van der Waals surface area contributed by atoms with Crippen LogP contribution in [-0.4, -0.2) is 17.6 Å². The number of carbonyl (C=O) groups is 1. The molecule has 2 aromatic rings. The zero-order valence-electron chi connectivity index (χ0n) is 13.0. The summed E-state index contributed by atoms with van der Waals surface area (Å²) in [5.74, 6) is 1.03. The van der Waals surface area contributed by atoms with Crippen molar-refractivity contribution in [3.8, 4) is 5.75 Å². The Morgan fingerprint density at radius 2 is 1.68 bits per heavy atom. The molecule has 0 aromatic heterocycles. The molecule has 0 amide bonds. The number of hydrogen-bond donors (Lipinski definition) is 0. The maximum Gasteiger partial charge on any atom is 0.179 e. The lowest BCUT2D eigenvalue weighted by Crippen LogP contribution is -2.42. The normalized spacial score (nSPS) is 15.9. The van der Waals surface area contributed by atoms with Gasteiger partial charge in [0, 0.05) is 10.5 Å². The first kappa shape index (κ1) is 15.2. The molecule has 114 valence electrons. The molecule has 3 rings (SSSR count). The van der Waals surface area contributed by atoms with E-state index in [-0.39, 0.29) is 10.5 Å². The molecule has 0 radical (unpaired) electrons. The predicted octanol–water partition coefficient (Wildman–Crippen LogP) is 4.90. The van der Waals surface area contributed by atoms with Crippen molar-refractivity contribution in [2.24, 2.45) is 0 Å². The minimum atomic E-state index is -0.288. The van der Waals surface area contributed by atoms with Gasteiger partial charge in [-0.05, 0) is 62.6 Å². The Bertz CT molecular complexity index is 655. The fraction of sp³-hybridized carbons (Fsp3) is 0.316. The molecule has 0 heterocycles. The molecule has 0 aliphatic heterocycles. The lowest BCUT2D eigenvalue weighted by molar-refractivity contribution is 0.0892. The Kier molecular flexibility index (Phi) is 4.25. The van der Waals surface area contributed by atoms with E-state index in [0.29, 0.717) is 0 Å². The third-order valence-electron chi connectivity index (χ3n) is 4.26. The van der Waals surface area contributed by atoms with Gasteiger partial charge in [0.25, 0.3) is 0 Å². The standard InChI is InChI=1S/C19H20O2S/c1-14-4-10-17(11-5-14)22-19(12-3-13-19)18(20)15-6-8-16(21-2)9-7-15/h4-11H,3,12-13H2,1-2H3. The maximum absolute atomic E-state index is 13.0. The Hall–Kier alpha value is -1.74. The van der Waals surface area contributed by atoms with Gasteiger partial charge >= 0.3 is 0 Å². The van der Waals surface area contributed by atoms with E-state index in [9.17, 15) is 4.79 Å². The van der Waals surface area contributed by atoms with Crippen molar-refractivity contribution in [2.45, 2.75) is 35.8 Å². The number of benzene rings is 2. The maximum atomic E-state index is 13.0. The van der Waals surface area contributed by atoms with Crippen molar-refractivity contribution in [1.82, 2.24) is 0 Å². The van der Waals surface area contributed by atoms with Gasteiger partial charge in [-0.15, -0.1) is 11.8 Å². The fourth-order valence-electron chi connectivity index (χ4n) is 2.71. The van der Waals surface area contributed by atoms with Crippen LogP contribution in [0.5, 0.6) is 5.75 Å². The molecule has 22 heavy (non-hydrogen) atoms. The molecule has 0 N–H and O–H groups in total. The molecule has 1 aliphatic rings. The molecule has 3 heteroatoms. The molecule has 1 fully saturated rings. The molecule has 0 bridgehead atoms. The lowest BCUT2D eigenvalue weighted by atomic mass is 9.78. The molecule has 0 saturated heterocycles. The molecule has 0 spiro atoms. The van der Waals surface area contributed by atoms with Crippen molar-refractivity contribution >= 4 is 17.5 Å². The van der Waals surface area contributed by atoms with E-state index in [2.05, 4.69) is 31.2 Å². The smallest absolute Gasteiger partial charge is 0.179 e. The SMILES string of the molecule is COc1ccc(C(=O)C2(Sc3ccc(C)cc3)CCC2)cc1. The second kappa shape index (κ2) is 6.17. The van der Waals surface area contributed by atoms with Crippen LogP contribution in [0.25, 0.3) is 0 Å². The number of methoxy groups -OCH3 is 1. The van der Waals surface area contributed by atoms with E-state index >= 15 is 0 Å². The number of ether oxygens (including phenoxy) is 1. The number of hydrogen-bond acceptors (Lipinski definition) is 3. The minimum absolute atomic E-state index is 0.243. The van der Waals surface area contributed by atoms with Crippen LogP contribution in [0.1, 0.15) is 35.2 Å². The molecule has 2 nitrogen and oxygen atoms in total. The van der Waals surface area contributed by atoms with E-state index in [0.717, 1.165) is 30.6 Å². The molecule has 1 saturated carbocycles. The first-order valence-corrected chi connectivity index (χ1v) is 8.39. The molecular weight excluding hydrogens is 292 g/mol. The number of aryl methyl sites for hydroxylation is 1. The zero-order chi connectivity index (χ0) is 15.6.